The lowest BCUT2D eigenvalue weighted by atomic mass is 9.95. The van der Waals surface area contributed by atoms with E-state index in [1.165, 1.54) is 0 Å². The number of fused-ring (bicyclic) bond motifs is 1. The van der Waals surface area contributed by atoms with Gasteiger partial charge >= 0.3 is 0 Å². The summed E-state index contributed by atoms with van der Waals surface area (Å²) in [5, 5.41) is 15.0. The van der Waals surface area contributed by atoms with Crippen molar-refractivity contribution in [1.82, 2.24) is 14.8 Å². The van der Waals surface area contributed by atoms with Gasteiger partial charge in [0.1, 0.15) is 0 Å². The van der Waals surface area contributed by atoms with Gasteiger partial charge in [0.05, 0.1) is 34.7 Å². The van der Waals surface area contributed by atoms with Crippen LogP contribution in [0.3, 0.4) is 0 Å². The summed E-state index contributed by atoms with van der Waals surface area (Å²) in [5.74, 6) is 0.424. The maximum atomic E-state index is 8.95. The molecule has 1 aliphatic rings. The molecule has 0 aliphatic carbocycles. The molecule has 1 saturated heterocycles. The van der Waals surface area contributed by atoms with E-state index in [1.807, 2.05) is 47.4 Å². The van der Waals surface area contributed by atoms with Crippen LogP contribution in [0.25, 0.3) is 16.6 Å². The second-order valence-corrected chi connectivity index (χ2v) is 5.74. The molecule has 0 amide bonds. The van der Waals surface area contributed by atoms with Crippen molar-refractivity contribution in [1.29, 1.82) is 5.26 Å². The van der Waals surface area contributed by atoms with Gasteiger partial charge in [0.25, 0.3) is 0 Å². The molecule has 5 heteroatoms. The van der Waals surface area contributed by atoms with Crippen molar-refractivity contribution >= 4 is 10.9 Å². The van der Waals surface area contributed by atoms with E-state index < -0.39 is 0 Å². The smallest absolute Gasteiger partial charge is 0.0991 e. The van der Waals surface area contributed by atoms with Crippen molar-refractivity contribution < 1.29 is 4.74 Å². The molecule has 0 unspecified atom stereocenters. The third-order valence-electron chi connectivity index (χ3n) is 4.36. The minimum atomic E-state index is 0.424. The number of hydrogen-bond donors (Lipinski definition) is 0. The van der Waals surface area contributed by atoms with Crippen LogP contribution in [0, 0.1) is 11.3 Å². The van der Waals surface area contributed by atoms with E-state index in [2.05, 4.69) is 11.1 Å². The number of ether oxygens (including phenoxy) is 1. The lowest BCUT2D eigenvalue weighted by molar-refractivity contribution is 0.0847. The van der Waals surface area contributed by atoms with Crippen molar-refractivity contribution in [2.75, 3.05) is 13.2 Å². The highest BCUT2D eigenvalue weighted by Gasteiger charge is 2.22. The molecule has 2 aromatic heterocycles. The average Bonchev–Trinajstić information content (AvgIpc) is 3.02. The highest BCUT2D eigenvalue weighted by Crippen LogP contribution is 2.32. The van der Waals surface area contributed by atoms with Crippen molar-refractivity contribution in [2.24, 2.45) is 0 Å². The summed E-state index contributed by atoms with van der Waals surface area (Å²) >= 11 is 0. The first-order valence-electron chi connectivity index (χ1n) is 7.78. The van der Waals surface area contributed by atoms with E-state index >= 15 is 0 Å². The Morgan fingerprint density at radius 2 is 1.91 bits per heavy atom. The molecule has 0 radical (unpaired) electrons. The molecular formula is C18H16N4O. The molecule has 5 nitrogen and oxygen atoms in total. The van der Waals surface area contributed by atoms with Gasteiger partial charge in [-0.3, -0.25) is 4.98 Å². The molecule has 114 valence electrons. The van der Waals surface area contributed by atoms with Gasteiger partial charge in [-0.05, 0) is 43.2 Å². The maximum absolute atomic E-state index is 8.95. The lowest BCUT2D eigenvalue weighted by Gasteiger charge is -2.20. The summed E-state index contributed by atoms with van der Waals surface area (Å²) in [6.07, 6.45) is 5.67. The van der Waals surface area contributed by atoms with E-state index in [1.54, 1.807) is 0 Å². The van der Waals surface area contributed by atoms with Crippen molar-refractivity contribution in [2.45, 2.75) is 18.8 Å². The standard InChI is InChI=1S/C18H16N4O/c19-11-13-1-3-15(4-2-13)22-17-12-20-8-5-16(17)18(21-22)14-6-9-23-10-7-14/h1-5,8,12,14H,6-7,9-10H2. The molecule has 1 aromatic carbocycles. The van der Waals surface area contributed by atoms with Gasteiger partial charge in [-0.15, -0.1) is 0 Å². The Labute approximate surface area is 134 Å². The molecular weight excluding hydrogens is 288 g/mol. The van der Waals surface area contributed by atoms with Gasteiger partial charge in [-0.1, -0.05) is 0 Å². The number of aromatic nitrogens is 3. The van der Waals surface area contributed by atoms with Gasteiger partial charge in [0.15, 0.2) is 0 Å². The zero-order valence-corrected chi connectivity index (χ0v) is 12.6. The Kier molecular flexibility index (Phi) is 3.52. The molecule has 3 aromatic rings. The maximum Gasteiger partial charge on any atom is 0.0991 e. The minimum Gasteiger partial charge on any atom is -0.381 e. The monoisotopic (exact) mass is 304 g/mol. The highest BCUT2D eigenvalue weighted by atomic mass is 16.5. The number of nitrogens with zero attached hydrogens (tertiary/aromatic N) is 4. The fourth-order valence-electron chi connectivity index (χ4n) is 3.13. The van der Waals surface area contributed by atoms with Crippen LogP contribution in [0.4, 0.5) is 0 Å². The van der Waals surface area contributed by atoms with E-state index in [9.17, 15) is 0 Å². The summed E-state index contributed by atoms with van der Waals surface area (Å²) in [5.41, 5.74) is 3.71. The van der Waals surface area contributed by atoms with E-state index in [-0.39, 0.29) is 0 Å². The van der Waals surface area contributed by atoms with Crippen LogP contribution >= 0.6 is 0 Å². The third kappa shape index (κ3) is 2.47. The molecule has 3 heterocycles. The third-order valence-corrected chi connectivity index (χ3v) is 4.36. The number of hydrogen-bond acceptors (Lipinski definition) is 4. The van der Waals surface area contributed by atoms with E-state index in [4.69, 9.17) is 15.1 Å². The molecule has 0 N–H and O–H groups in total. The van der Waals surface area contributed by atoms with Crippen molar-refractivity contribution in [3.05, 3.63) is 54.0 Å². The molecule has 0 saturated carbocycles. The lowest BCUT2D eigenvalue weighted by Crippen LogP contribution is -2.15. The molecule has 0 atom stereocenters. The fourth-order valence-corrected chi connectivity index (χ4v) is 3.13. The largest absolute Gasteiger partial charge is 0.381 e. The van der Waals surface area contributed by atoms with Gasteiger partial charge in [-0.25, -0.2) is 4.68 Å². The Hall–Kier alpha value is -2.71. The van der Waals surface area contributed by atoms with Crippen LogP contribution in [0.5, 0.6) is 0 Å². The topological polar surface area (TPSA) is 63.7 Å². The van der Waals surface area contributed by atoms with Crippen molar-refractivity contribution in [3.63, 3.8) is 0 Å². The second kappa shape index (κ2) is 5.82. The molecule has 1 aliphatic heterocycles. The van der Waals surface area contributed by atoms with E-state index in [0.29, 0.717) is 11.5 Å². The molecule has 4 rings (SSSR count). The first-order chi connectivity index (χ1) is 11.4. The number of pyridine rings is 1. The van der Waals surface area contributed by atoms with Crippen LogP contribution in [-0.4, -0.2) is 28.0 Å². The predicted octanol–water partition coefficient (Wildman–Crippen LogP) is 3.19. The van der Waals surface area contributed by atoms with E-state index in [0.717, 1.165) is 48.3 Å². The first-order valence-corrected chi connectivity index (χ1v) is 7.78. The minimum absolute atomic E-state index is 0.424. The zero-order valence-electron chi connectivity index (χ0n) is 12.6. The first kappa shape index (κ1) is 13.9. The number of rotatable bonds is 2. The molecule has 1 fully saturated rings. The summed E-state index contributed by atoms with van der Waals surface area (Å²) in [6, 6.07) is 11.6. The summed E-state index contributed by atoms with van der Waals surface area (Å²) < 4.78 is 7.40. The number of nitriles is 1. The molecule has 0 bridgehead atoms. The van der Waals surface area contributed by atoms with Crippen LogP contribution < -0.4 is 0 Å². The van der Waals surface area contributed by atoms with Crippen LogP contribution in [-0.2, 0) is 4.74 Å². The molecule has 0 spiro atoms. The second-order valence-electron chi connectivity index (χ2n) is 5.74. The Bertz CT molecular complexity index is 870. The van der Waals surface area contributed by atoms with Gasteiger partial charge in [0.2, 0.25) is 0 Å². The number of benzene rings is 1. The summed E-state index contributed by atoms with van der Waals surface area (Å²) in [6.45, 7) is 1.59. The Balaban J connectivity index is 1.84. The Morgan fingerprint density at radius 1 is 1.13 bits per heavy atom. The van der Waals surface area contributed by atoms with Crippen molar-refractivity contribution in [3.8, 4) is 11.8 Å². The van der Waals surface area contributed by atoms with Crippen LogP contribution in [0.2, 0.25) is 0 Å². The predicted molar refractivity (Wildman–Crippen MR) is 86.4 cm³/mol. The fraction of sp³-hybridized carbons (Fsp3) is 0.278. The highest BCUT2D eigenvalue weighted by molar-refractivity contribution is 5.83. The summed E-state index contributed by atoms with van der Waals surface area (Å²) in [4.78, 5) is 4.25. The van der Waals surface area contributed by atoms with Crippen LogP contribution in [0.15, 0.2) is 42.7 Å². The SMILES string of the molecule is N#Cc1ccc(-n2nc(C3CCOCC3)c3ccncc32)cc1. The average molecular weight is 304 g/mol. The zero-order chi connectivity index (χ0) is 15.6. The quantitative estimate of drug-likeness (QED) is 0.729. The van der Waals surface area contributed by atoms with Gasteiger partial charge in [-0.2, -0.15) is 10.4 Å². The Morgan fingerprint density at radius 3 is 2.65 bits per heavy atom. The van der Waals surface area contributed by atoms with Gasteiger partial charge < -0.3 is 4.74 Å². The van der Waals surface area contributed by atoms with Crippen LogP contribution in [0.1, 0.15) is 30.0 Å². The van der Waals surface area contributed by atoms with Gasteiger partial charge in [0, 0.05) is 30.7 Å². The summed E-state index contributed by atoms with van der Waals surface area (Å²) in [7, 11) is 0. The normalized spacial score (nSPS) is 15.6. The molecule has 23 heavy (non-hydrogen) atoms.